The van der Waals surface area contributed by atoms with Crippen molar-refractivity contribution in [2.45, 2.75) is 19.9 Å². The molecule has 7 heteroatoms. The van der Waals surface area contributed by atoms with Crippen molar-refractivity contribution in [1.29, 1.82) is 5.26 Å². The summed E-state index contributed by atoms with van der Waals surface area (Å²) < 4.78 is 6.54. The van der Waals surface area contributed by atoms with Crippen LogP contribution in [-0.4, -0.2) is 22.8 Å². The van der Waals surface area contributed by atoms with Crippen molar-refractivity contribution in [2.75, 3.05) is 12.4 Å². The van der Waals surface area contributed by atoms with Gasteiger partial charge < -0.3 is 10.1 Å². The molecule has 1 amide bonds. The number of nitrogens with one attached hydrogen (secondary N) is 1. The first kappa shape index (κ1) is 18.1. The third-order valence-electron chi connectivity index (χ3n) is 4.11. The molecule has 0 atom stereocenters. The molecule has 0 aliphatic rings. The summed E-state index contributed by atoms with van der Waals surface area (Å²) in [6, 6.07) is 13.4. The van der Waals surface area contributed by atoms with E-state index in [0.29, 0.717) is 27.8 Å². The Morgan fingerprint density at radius 2 is 1.93 bits per heavy atom. The number of anilines is 1. The Bertz CT molecular complexity index is 1130. The minimum atomic E-state index is -0.492. The maximum absolute atomic E-state index is 13.0. The van der Waals surface area contributed by atoms with Gasteiger partial charge in [-0.25, -0.2) is 4.68 Å². The Morgan fingerprint density at radius 1 is 1.22 bits per heavy atom. The molecule has 3 rings (SSSR count). The lowest BCUT2D eigenvalue weighted by Crippen LogP contribution is -2.29. The number of carbonyl (C=O) groups excluding carboxylic acids is 1. The number of methoxy groups -OCH3 is 1. The standard InChI is InChI=1S/C20H18N4O3/c1-12(2)24-20(26)15-7-5-4-6-14(15)18(23-24)19(25)22-16-10-13(11-21)8-9-17(16)27-3/h4-10,12H,1-3H3,(H,22,25). The largest absolute Gasteiger partial charge is 0.495 e. The minimum absolute atomic E-state index is 0.128. The summed E-state index contributed by atoms with van der Waals surface area (Å²) in [5.74, 6) is -0.0715. The highest BCUT2D eigenvalue weighted by molar-refractivity contribution is 6.11. The summed E-state index contributed by atoms with van der Waals surface area (Å²) in [6.07, 6.45) is 0. The van der Waals surface area contributed by atoms with Gasteiger partial charge in [-0.2, -0.15) is 10.4 Å². The highest BCUT2D eigenvalue weighted by Crippen LogP contribution is 2.26. The van der Waals surface area contributed by atoms with E-state index in [-0.39, 0.29) is 17.3 Å². The van der Waals surface area contributed by atoms with Crippen LogP contribution in [0.1, 0.15) is 35.9 Å². The van der Waals surface area contributed by atoms with Gasteiger partial charge in [0.1, 0.15) is 5.75 Å². The van der Waals surface area contributed by atoms with Crippen LogP contribution in [-0.2, 0) is 0 Å². The van der Waals surface area contributed by atoms with E-state index < -0.39 is 5.91 Å². The van der Waals surface area contributed by atoms with E-state index in [1.54, 1.807) is 36.4 Å². The third kappa shape index (κ3) is 3.37. The van der Waals surface area contributed by atoms with Gasteiger partial charge in [0.15, 0.2) is 5.69 Å². The van der Waals surface area contributed by atoms with Crippen molar-refractivity contribution in [3.63, 3.8) is 0 Å². The Kier molecular flexibility index (Phi) is 4.90. The molecular formula is C20H18N4O3. The molecule has 1 N–H and O–H groups in total. The maximum atomic E-state index is 13.0. The number of fused-ring (bicyclic) bond motifs is 1. The predicted octanol–water partition coefficient (Wildman–Crippen LogP) is 3.11. The smallest absolute Gasteiger partial charge is 0.276 e. The van der Waals surface area contributed by atoms with Crippen LogP contribution in [0, 0.1) is 11.3 Å². The Balaban J connectivity index is 2.13. The van der Waals surface area contributed by atoms with E-state index in [1.807, 2.05) is 19.9 Å². The second-order valence-corrected chi connectivity index (χ2v) is 6.22. The second-order valence-electron chi connectivity index (χ2n) is 6.22. The van der Waals surface area contributed by atoms with Gasteiger partial charge >= 0.3 is 0 Å². The summed E-state index contributed by atoms with van der Waals surface area (Å²) in [5.41, 5.74) is 0.621. The molecule has 0 spiro atoms. The van der Waals surface area contributed by atoms with Crippen molar-refractivity contribution in [2.24, 2.45) is 0 Å². The number of carbonyl (C=O) groups is 1. The van der Waals surface area contributed by atoms with E-state index in [9.17, 15) is 9.59 Å². The number of hydrogen-bond acceptors (Lipinski definition) is 5. The molecule has 7 nitrogen and oxygen atoms in total. The Hall–Kier alpha value is -3.66. The molecule has 0 unspecified atom stereocenters. The van der Waals surface area contributed by atoms with Crippen molar-refractivity contribution >= 4 is 22.4 Å². The first-order chi connectivity index (χ1) is 13.0. The normalized spacial score (nSPS) is 10.6. The van der Waals surface area contributed by atoms with Crippen molar-refractivity contribution in [1.82, 2.24) is 9.78 Å². The molecule has 27 heavy (non-hydrogen) atoms. The molecule has 0 fully saturated rings. The second kappa shape index (κ2) is 7.30. The van der Waals surface area contributed by atoms with Crippen LogP contribution in [0.5, 0.6) is 5.75 Å². The number of amides is 1. The fraction of sp³-hybridized carbons (Fsp3) is 0.200. The molecule has 1 aromatic heterocycles. The average Bonchev–Trinajstić information content (AvgIpc) is 2.68. The lowest BCUT2D eigenvalue weighted by atomic mass is 10.1. The summed E-state index contributed by atoms with van der Waals surface area (Å²) in [6.45, 7) is 3.65. The molecule has 0 bridgehead atoms. The molecule has 0 saturated carbocycles. The fourth-order valence-electron chi connectivity index (χ4n) is 2.78. The molecule has 0 saturated heterocycles. The number of ether oxygens (including phenoxy) is 1. The molecule has 0 aliphatic carbocycles. The van der Waals surface area contributed by atoms with Crippen LogP contribution < -0.4 is 15.6 Å². The zero-order valence-corrected chi connectivity index (χ0v) is 15.2. The summed E-state index contributed by atoms with van der Waals surface area (Å²) >= 11 is 0. The maximum Gasteiger partial charge on any atom is 0.276 e. The first-order valence-corrected chi connectivity index (χ1v) is 8.37. The van der Waals surface area contributed by atoms with Gasteiger partial charge in [0.2, 0.25) is 0 Å². The van der Waals surface area contributed by atoms with Gasteiger partial charge in [-0.1, -0.05) is 18.2 Å². The molecule has 3 aromatic rings. The average molecular weight is 362 g/mol. The quantitative estimate of drug-likeness (QED) is 0.769. The third-order valence-corrected chi connectivity index (χ3v) is 4.11. The lowest BCUT2D eigenvalue weighted by molar-refractivity contribution is 0.102. The van der Waals surface area contributed by atoms with Crippen molar-refractivity contribution in [3.8, 4) is 11.8 Å². The number of hydrogen-bond donors (Lipinski definition) is 1. The van der Waals surface area contributed by atoms with Crippen LogP contribution in [0.15, 0.2) is 47.3 Å². The molecular weight excluding hydrogens is 344 g/mol. The topological polar surface area (TPSA) is 97.0 Å². The Morgan fingerprint density at radius 3 is 2.56 bits per heavy atom. The number of benzene rings is 2. The van der Waals surface area contributed by atoms with Crippen LogP contribution in [0.3, 0.4) is 0 Å². The van der Waals surface area contributed by atoms with Crippen molar-refractivity contribution in [3.05, 3.63) is 64.1 Å². The summed E-state index contributed by atoms with van der Waals surface area (Å²) in [5, 5.41) is 17.0. The predicted molar refractivity (Wildman–Crippen MR) is 102 cm³/mol. The van der Waals surface area contributed by atoms with E-state index in [4.69, 9.17) is 10.00 Å². The van der Waals surface area contributed by atoms with E-state index in [1.165, 1.54) is 17.9 Å². The molecule has 0 radical (unpaired) electrons. The van der Waals surface area contributed by atoms with Crippen LogP contribution in [0.2, 0.25) is 0 Å². The van der Waals surface area contributed by atoms with Crippen LogP contribution in [0.4, 0.5) is 5.69 Å². The molecule has 136 valence electrons. The van der Waals surface area contributed by atoms with Crippen molar-refractivity contribution < 1.29 is 9.53 Å². The number of aromatic nitrogens is 2. The van der Waals surface area contributed by atoms with Gasteiger partial charge in [0.25, 0.3) is 11.5 Å². The molecule has 1 heterocycles. The first-order valence-electron chi connectivity index (χ1n) is 8.37. The van der Waals surface area contributed by atoms with Crippen LogP contribution in [0.25, 0.3) is 10.8 Å². The zero-order chi connectivity index (χ0) is 19.6. The van der Waals surface area contributed by atoms with E-state index in [2.05, 4.69) is 10.4 Å². The lowest BCUT2D eigenvalue weighted by Gasteiger charge is -2.14. The number of rotatable bonds is 4. The molecule has 2 aromatic carbocycles. The summed E-state index contributed by atoms with van der Waals surface area (Å²) in [4.78, 5) is 25.6. The van der Waals surface area contributed by atoms with Gasteiger partial charge in [-0.05, 0) is 38.1 Å². The van der Waals surface area contributed by atoms with Gasteiger partial charge in [0, 0.05) is 5.39 Å². The van der Waals surface area contributed by atoms with Gasteiger partial charge in [-0.15, -0.1) is 0 Å². The summed E-state index contributed by atoms with van der Waals surface area (Å²) in [7, 11) is 1.48. The van der Waals surface area contributed by atoms with E-state index >= 15 is 0 Å². The van der Waals surface area contributed by atoms with Gasteiger partial charge in [0.05, 0.1) is 35.9 Å². The van der Waals surface area contributed by atoms with Gasteiger partial charge in [-0.3, -0.25) is 9.59 Å². The van der Waals surface area contributed by atoms with Crippen LogP contribution >= 0.6 is 0 Å². The minimum Gasteiger partial charge on any atom is -0.495 e. The highest BCUT2D eigenvalue weighted by atomic mass is 16.5. The fourth-order valence-corrected chi connectivity index (χ4v) is 2.78. The van der Waals surface area contributed by atoms with E-state index in [0.717, 1.165) is 0 Å². The SMILES string of the molecule is COc1ccc(C#N)cc1NC(=O)c1nn(C(C)C)c(=O)c2ccccc12. The molecule has 0 aliphatic heterocycles. The highest BCUT2D eigenvalue weighted by Gasteiger charge is 2.19. The zero-order valence-electron chi connectivity index (χ0n) is 15.2. The number of nitrogens with zero attached hydrogens (tertiary/aromatic N) is 3. The Labute approximate surface area is 155 Å². The monoisotopic (exact) mass is 362 g/mol. The number of nitriles is 1.